The molecule has 1 radical (unpaired) electrons. The molecule has 0 heterocycles. The van der Waals surface area contributed by atoms with Gasteiger partial charge in [0.2, 0.25) is 0 Å². The zero-order valence-electron chi connectivity index (χ0n) is 3.29. The molecule has 0 fully saturated rings. The molecule has 0 atom stereocenters. The van der Waals surface area contributed by atoms with E-state index in [0.29, 0.717) is 0 Å². The first-order valence-corrected chi connectivity index (χ1v) is 1.24. The molecule has 0 aliphatic rings. The van der Waals surface area contributed by atoms with Gasteiger partial charge in [-0.1, -0.05) is 0 Å². The van der Waals surface area contributed by atoms with Crippen molar-refractivity contribution in [3.05, 3.63) is 0 Å². The summed E-state index contributed by atoms with van der Waals surface area (Å²) in [5.74, 6) is -2.76. The summed E-state index contributed by atoms with van der Waals surface area (Å²) in [5.41, 5.74) is 0. The number of hydrogen-bond donors (Lipinski definition) is 1. The monoisotopic (exact) mass is 177 g/mol. The molecule has 0 saturated heterocycles. The molecule has 0 aromatic heterocycles. The van der Waals surface area contributed by atoms with Crippen molar-refractivity contribution in [3.63, 3.8) is 0 Å². The average molecular weight is 178 g/mol. The molecule has 0 saturated carbocycles. The van der Waals surface area contributed by atoms with Gasteiger partial charge in [0.15, 0.2) is 0 Å². The minimum absolute atomic E-state index is 0. The van der Waals surface area contributed by atoms with Crippen LogP contribution in [0, 0.1) is 0 Å². The molecule has 0 bridgehead atoms. The van der Waals surface area contributed by atoms with Crippen molar-refractivity contribution in [2.75, 3.05) is 0 Å². The number of halogens is 3. The number of hydrogen-bond acceptors (Lipinski definition) is 1. The summed E-state index contributed by atoms with van der Waals surface area (Å²) in [6.07, 6.45) is -5.08. The van der Waals surface area contributed by atoms with E-state index >= 15 is 0 Å². The maximum absolute atomic E-state index is 10.6. The third-order valence-electron chi connectivity index (χ3n) is 0.243. The molecule has 2 nitrogen and oxygen atoms in total. The molecule has 0 aliphatic carbocycles. The van der Waals surface area contributed by atoms with Crippen molar-refractivity contribution in [1.29, 1.82) is 0 Å². The largest absolute Gasteiger partial charge is 2.00 e. The number of alkyl halides is 3. The van der Waals surface area contributed by atoms with Crippen LogP contribution in [0.25, 0.3) is 0 Å². The van der Waals surface area contributed by atoms with E-state index in [2.05, 4.69) is 0 Å². The van der Waals surface area contributed by atoms with Crippen molar-refractivity contribution in [1.82, 2.24) is 0 Å². The van der Waals surface area contributed by atoms with Crippen molar-refractivity contribution in [2.45, 2.75) is 6.18 Å². The number of rotatable bonds is 0. The van der Waals surface area contributed by atoms with Gasteiger partial charge in [-0.05, 0) is 0 Å². The molecule has 51 valence electrons. The Bertz CT molecular complexity index is 87.8. The van der Waals surface area contributed by atoms with E-state index in [0.717, 1.165) is 0 Å². The summed E-state index contributed by atoms with van der Waals surface area (Å²) >= 11 is 0. The second-order valence-electron chi connectivity index (χ2n) is 0.803. The van der Waals surface area contributed by atoms with Gasteiger partial charge in [0.05, 0.1) is 0 Å². The van der Waals surface area contributed by atoms with Gasteiger partial charge < -0.3 is 5.11 Å². The quantitative estimate of drug-likeness (QED) is 0.551. The Morgan fingerprint density at radius 1 is 1.38 bits per heavy atom. The predicted molar refractivity (Wildman–Crippen MR) is 13.7 cm³/mol. The zero-order chi connectivity index (χ0) is 6.08. The molecule has 1 N–H and O–H groups in total. The Morgan fingerprint density at radius 2 is 1.50 bits per heavy atom. The van der Waals surface area contributed by atoms with E-state index < -0.39 is 12.1 Å². The van der Waals surface area contributed by atoms with Gasteiger partial charge in [0, 0.05) is 0 Å². The number of aliphatic carboxylic acids is 1. The predicted octanol–water partition coefficient (Wildman–Crippen LogP) is 0.631. The minimum atomic E-state index is -5.08. The van der Waals surface area contributed by atoms with Gasteiger partial charge in [0.1, 0.15) is 0 Å². The Labute approximate surface area is 53.2 Å². The average Bonchev–Trinajstić information content (AvgIpc) is 1.31. The van der Waals surface area contributed by atoms with Gasteiger partial charge in [-0.25, -0.2) is 4.79 Å². The fourth-order valence-electron chi connectivity index (χ4n) is 0. The molecule has 8 heavy (non-hydrogen) atoms. The molecule has 0 aromatic carbocycles. The normalized spacial score (nSPS) is 9.88. The van der Waals surface area contributed by atoms with Crippen LogP contribution < -0.4 is 0 Å². The van der Waals surface area contributed by atoms with Gasteiger partial charge in [-0.3, -0.25) is 0 Å². The van der Waals surface area contributed by atoms with Crippen LogP contribution in [-0.2, 0) is 21.9 Å². The Morgan fingerprint density at radius 3 is 1.50 bits per heavy atom. The molecule has 6 heteroatoms. The molecular weight excluding hydrogens is 177 g/mol. The van der Waals surface area contributed by atoms with Crippen molar-refractivity contribution in [2.24, 2.45) is 0 Å². The van der Waals surface area contributed by atoms with Crippen molar-refractivity contribution >= 4 is 5.97 Å². The first kappa shape index (κ1) is 10.7. The fourth-order valence-corrected chi connectivity index (χ4v) is 0. The van der Waals surface area contributed by atoms with E-state index in [-0.39, 0.29) is 17.1 Å². The molecule has 0 unspecified atom stereocenters. The second kappa shape index (κ2) is 2.94. The number of carbonyl (C=O) groups is 1. The summed E-state index contributed by atoms with van der Waals surface area (Å²) in [7, 11) is 0. The van der Waals surface area contributed by atoms with E-state index in [1.807, 2.05) is 0 Å². The Kier molecular flexibility index (Phi) is 3.93. The third-order valence-corrected chi connectivity index (χ3v) is 0.243. The van der Waals surface area contributed by atoms with Crippen LogP contribution in [0.4, 0.5) is 13.2 Å². The van der Waals surface area contributed by atoms with E-state index in [1.165, 1.54) is 0 Å². The molecule has 0 rings (SSSR count). The van der Waals surface area contributed by atoms with Gasteiger partial charge in [-0.2, -0.15) is 13.2 Å². The summed E-state index contributed by atoms with van der Waals surface area (Å²) in [5, 5.41) is 7.12. The van der Waals surface area contributed by atoms with Gasteiger partial charge in [0.25, 0.3) is 0 Å². The van der Waals surface area contributed by atoms with E-state index in [9.17, 15) is 13.2 Å². The fraction of sp³-hybridized carbons (Fsp3) is 0.500. The molecule has 0 aromatic rings. The SMILES string of the molecule is O=C(O)C(F)(F)F.[Cu+2]. The third kappa shape index (κ3) is 3.95. The topological polar surface area (TPSA) is 37.3 Å². The molecular formula is C2HCuF3O2+2. The van der Waals surface area contributed by atoms with E-state index in [1.54, 1.807) is 0 Å². The zero-order valence-corrected chi connectivity index (χ0v) is 4.23. The van der Waals surface area contributed by atoms with Crippen LogP contribution in [0.15, 0.2) is 0 Å². The van der Waals surface area contributed by atoms with Crippen LogP contribution in [-0.4, -0.2) is 17.3 Å². The number of carboxylic acids is 1. The van der Waals surface area contributed by atoms with E-state index in [4.69, 9.17) is 9.90 Å². The maximum atomic E-state index is 10.6. The maximum Gasteiger partial charge on any atom is 2.00 e. The smallest absolute Gasteiger partial charge is 0.475 e. The van der Waals surface area contributed by atoms with Crippen LogP contribution in [0.2, 0.25) is 0 Å². The summed E-state index contributed by atoms with van der Waals surface area (Å²) in [6, 6.07) is 0. The first-order chi connectivity index (χ1) is 2.94. The molecule has 0 amide bonds. The Hall–Kier alpha value is -0.221. The van der Waals surface area contributed by atoms with Crippen LogP contribution in [0.3, 0.4) is 0 Å². The van der Waals surface area contributed by atoms with Crippen molar-refractivity contribution in [3.8, 4) is 0 Å². The molecule has 0 spiro atoms. The van der Waals surface area contributed by atoms with Crippen LogP contribution in [0.5, 0.6) is 0 Å². The standard InChI is InChI=1S/C2HF3O2.Cu/c3-2(4,5)1(6)7;/h(H,6,7);/q;+2. The van der Waals surface area contributed by atoms with Gasteiger partial charge >= 0.3 is 29.2 Å². The summed E-state index contributed by atoms with van der Waals surface area (Å²) in [4.78, 5) is 8.90. The summed E-state index contributed by atoms with van der Waals surface area (Å²) < 4.78 is 31.7. The van der Waals surface area contributed by atoms with Crippen LogP contribution >= 0.6 is 0 Å². The Balaban J connectivity index is 0. The summed E-state index contributed by atoms with van der Waals surface area (Å²) in [6.45, 7) is 0. The van der Waals surface area contributed by atoms with Gasteiger partial charge in [-0.15, -0.1) is 0 Å². The number of carboxylic acid groups (broad SMARTS) is 1. The molecule has 0 aliphatic heterocycles. The first-order valence-electron chi connectivity index (χ1n) is 1.24. The second-order valence-corrected chi connectivity index (χ2v) is 0.803. The minimum Gasteiger partial charge on any atom is -0.475 e. The van der Waals surface area contributed by atoms with Crippen molar-refractivity contribution < 1.29 is 40.1 Å². The van der Waals surface area contributed by atoms with Crippen LogP contribution in [0.1, 0.15) is 0 Å².